The Bertz CT molecular complexity index is 561. The van der Waals surface area contributed by atoms with E-state index in [2.05, 4.69) is 31.4 Å². The predicted octanol–water partition coefficient (Wildman–Crippen LogP) is 3.11. The second-order valence-electron chi connectivity index (χ2n) is 4.01. The van der Waals surface area contributed by atoms with E-state index in [0.717, 1.165) is 21.3 Å². The van der Waals surface area contributed by atoms with Gasteiger partial charge in [-0.2, -0.15) is 10.2 Å². The normalized spacial score (nSPS) is 10.2. The van der Waals surface area contributed by atoms with Gasteiger partial charge in [0, 0.05) is 10.2 Å². The third-order valence-corrected chi connectivity index (χ3v) is 3.79. The number of amides is 1. The van der Waals surface area contributed by atoms with Crippen molar-refractivity contribution in [2.24, 2.45) is 0 Å². The number of nitrogens with one attached hydrogen (secondary N) is 1. The molecule has 0 spiro atoms. The lowest BCUT2D eigenvalue weighted by molar-refractivity contribution is 0.102. The third-order valence-electron chi connectivity index (χ3n) is 2.54. The molecule has 0 unspecified atom stereocenters. The van der Waals surface area contributed by atoms with E-state index in [4.69, 9.17) is 0 Å². The zero-order valence-electron chi connectivity index (χ0n) is 10.1. The molecule has 0 saturated carbocycles. The van der Waals surface area contributed by atoms with Crippen LogP contribution >= 0.6 is 15.9 Å². The maximum Gasteiger partial charge on any atom is 0.257 e. The molecule has 1 N–H and O–H groups in total. The van der Waals surface area contributed by atoms with E-state index in [0.29, 0.717) is 5.56 Å². The molecule has 0 aliphatic carbocycles. The van der Waals surface area contributed by atoms with E-state index < -0.39 is 0 Å². The first kappa shape index (κ1) is 12.7. The number of benzene rings is 1. The van der Waals surface area contributed by atoms with Gasteiger partial charge in [0.1, 0.15) is 0 Å². The number of aromatic nitrogens is 2. The first-order valence-corrected chi connectivity index (χ1v) is 6.22. The number of hydrogen-bond donors (Lipinski definition) is 1. The molecule has 1 aromatic heterocycles. The zero-order valence-corrected chi connectivity index (χ0v) is 11.7. The second-order valence-corrected chi connectivity index (χ2v) is 4.80. The first-order chi connectivity index (χ1) is 8.58. The standard InChI is InChI=1S/C13H12BrN3O/c1-8-5-11(6-9(2)12(8)14)17-13(18)10-3-4-15-16-7-10/h3-7H,1-2H3,(H,17,18). The Labute approximate surface area is 114 Å². The molecule has 1 aromatic carbocycles. The summed E-state index contributed by atoms with van der Waals surface area (Å²) in [5, 5.41) is 10.2. The van der Waals surface area contributed by atoms with Crippen molar-refractivity contribution < 1.29 is 4.79 Å². The van der Waals surface area contributed by atoms with Crippen LogP contribution in [-0.4, -0.2) is 16.1 Å². The minimum Gasteiger partial charge on any atom is -0.322 e. The van der Waals surface area contributed by atoms with Gasteiger partial charge in [-0.1, -0.05) is 15.9 Å². The second kappa shape index (κ2) is 5.27. The van der Waals surface area contributed by atoms with Crippen molar-refractivity contribution in [3.63, 3.8) is 0 Å². The summed E-state index contributed by atoms with van der Waals surface area (Å²) in [7, 11) is 0. The maximum atomic E-state index is 11.9. The molecule has 0 radical (unpaired) electrons. The Morgan fingerprint density at radius 2 is 1.89 bits per heavy atom. The van der Waals surface area contributed by atoms with Gasteiger partial charge in [0.05, 0.1) is 18.0 Å². The lowest BCUT2D eigenvalue weighted by atomic mass is 10.1. The highest BCUT2D eigenvalue weighted by molar-refractivity contribution is 9.10. The maximum absolute atomic E-state index is 11.9. The van der Waals surface area contributed by atoms with Crippen LogP contribution in [0.2, 0.25) is 0 Å². The summed E-state index contributed by atoms with van der Waals surface area (Å²) in [6.45, 7) is 3.97. The fourth-order valence-corrected chi connectivity index (χ4v) is 1.88. The lowest BCUT2D eigenvalue weighted by Gasteiger charge is -2.09. The summed E-state index contributed by atoms with van der Waals surface area (Å²) in [6.07, 6.45) is 2.93. The van der Waals surface area contributed by atoms with Gasteiger partial charge >= 0.3 is 0 Å². The lowest BCUT2D eigenvalue weighted by Crippen LogP contribution is -2.12. The highest BCUT2D eigenvalue weighted by Crippen LogP contribution is 2.25. The van der Waals surface area contributed by atoms with Crippen LogP contribution in [0.25, 0.3) is 0 Å². The van der Waals surface area contributed by atoms with Crippen molar-refractivity contribution in [3.8, 4) is 0 Å². The number of aryl methyl sites for hydroxylation is 2. The number of nitrogens with zero attached hydrogens (tertiary/aromatic N) is 2. The highest BCUT2D eigenvalue weighted by atomic mass is 79.9. The fourth-order valence-electron chi connectivity index (χ4n) is 1.65. The minimum atomic E-state index is -0.189. The quantitative estimate of drug-likeness (QED) is 0.927. The Morgan fingerprint density at radius 3 is 2.44 bits per heavy atom. The Kier molecular flexibility index (Phi) is 3.72. The molecule has 0 aliphatic rings. The summed E-state index contributed by atoms with van der Waals surface area (Å²) >= 11 is 3.49. The molecule has 0 aliphatic heterocycles. The van der Waals surface area contributed by atoms with Gasteiger partial charge in [0.25, 0.3) is 5.91 Å². The van der Waals surface area contributed by atoms with Crippen LogP contribution in [0.3, 0.4) is 0 Å². The molecule has 0 atom stereocenters. The average molecular weight is 306 g/mol. The Hall–Kier alpha value is -1.75. The smallest absolute Gasteiger partial charge is 0.257 e. The molecule has 18 heavy (non-hydrogen) atoms. The number of halogens is 1. The van der Waals surface area contributed by atoms with Gasteiger partial charge in [-0.3, -0.25) is 4.79 Å². The molecular weight excluding hydrogens is 294 g/mol. The van der Waals surface area contributed by atoms with Gasteiger partial charge in [-0.15, -0.1) is 0 Å². The SMILES string of the molecule is Cc1cc(NC(=O)c2ccnnc2)cc(C)c1Br. The molecule has 0 bridgehead atoms. The third kappa shape index (κ3) is 2.73. The summed E-state index contributed by atoms with van der Waals surface area (Å²) < 4.78 is 1.06. The predicted molar refractivity (Wildman–Crippen MR) is 73.6 cm³/mol. The molecule has 0 fully saturated rings. The Balaban J connectivity index is 2.23. The topological polar surface area (TPSA) is 54.9 Å². The van der Waals surface area contributed by atoms with Crippen LogP contribution in [0.1, 0.15) is 21.5 Å². The van der Waals surface area contributed by atoms with Crippen LogP contribution in [-0.2, 0) is 0 Å². The highest BCUT2D eigenvalue weighted by Gasteiger charge is 2.08. The molecule has 92 valence electrons. The molecule has 1 amide bonds. The van der Waals surface area contributed by atoms with E-state index in [-0.39, 0.29) is 5.91 Å². The van der Waals surface area contributed by atoms with Crippen molar-refractivity contribution in [1.29, 1.82) is 0 Å². The van der Waals surface area contributed by atoms with E-state index in [1.54, 1.807) is 6.07 Å². The summed E-state index contributed by atoms with van der Waals surface area (Å²) in [6, 6.07) is 5.47. The van der Waals surface area contributed by atoms with Crippen LogP contribution < -0.4 is 5.32 Å². The van der Waals surface area contributed by atoms with E-state index in [9.17, 15) is 4.79 Å². The fraction of sp³-hybridized carbons (Fsp3) is 0.154. The Morgan fingerprint density at radius 1 is 1.22 bits per heavy atom. The minimum absolute atomic E-state index is 0.189. The monoisotopic (exact) mass is 305 g/mol. The van der Waals surface area contributed by atoms with E-state index in [1.807, 2.05) is 26.0 Å². The first-order valence-electron chi connectivity index (χ1n) is 5.42. The van der Waals surface area contributed by atoms with Gasteiger partial charge in [-0.05, 0) is 43.2 Å². The average Bonchev–Trinajstić information content (AvgIpc) is 2.37. The molecule has 2 aromatic rings. The van der Waals surface area contributed by atoms with Crippen molar-refractivity contribution in [2.75, 3.05) is 5.32 Å². The number of hydrogen-bond acceptors (Lipinski definition) is 3. The van der Waals surface area contributed by atoms with Crippen LogP contribution in [0, 0.1) is 13.8 Å². The summed E-state index contributed by atoms with van der Waals surface area (Å²) in [4.78, 5) is 11.9. The van der Waals surface area contributed by atoms with Gasteiger partial charge < -0.3 is 5.32 Å². The molecule has 0 saturated heterocycles. The zero-order chi connectivity index (χ0) is 13.1. The molecular formula is C13H12BrN3O. The van der Waals surface area contributed by atoms with Crippen LogP contribution in [0.5, 0.6) is 0 Å². The number of carbonyl (C=O) groups is 1. The molecule has 5 heteroatoms. The molecule has 2 rings (SSSR count). The van der Waals surface area contributed by atoms with Gasteiger partial charge in [0.15, 0.2) is 0 Å². The largest absolute Gasteiger partial charge is 0.322 e. The van der Waals surface area contributed by atoms with Crippen molar-refractivity contribution in [2.45, 2.75) is 13.8 Å². The van der Waals surface area contributed by atoms with E-state index >= 15 is 0 Å². The summed E-state index contributed by atoms with van der Waals surface area (Å²) in [5.41, 5.74) is 3.43. The van der Waals surface area contributed by atoms with Crippen LogP contribution in [0.4, 0.5) is 5.69 Å². The van der Waals surface area contributed by atoms with Gasteiger partial charge in [-0.25, -0.2) is 0 Å². The number of anilines is 1. The van der Waals surface area contributed by atoms with E-state index in [1.165, 1.54) is 12.4 Å². The number of carbonyl (C=O) groups excluding carboxylic acids is 1. The van der Waals surface area contributed by atoms with Crippen molar-refractivity contribution in [3.05, 3.63) is 51.8 Å². The number of rotatable bonds is 2. The van der Waals surface area contributed by atoms with Crippen molar-refractivity contribution in [1.82, 2.24) is 10.2 Å². The molecule has 1 heterocycles. The summed E-state index contributed by atoms with van der Waals surface area (Å²) in [5.74, 6) is -0.189. The molecule has 4 nitrogen and oxygen atoms in total. The van der Waals surface area contributed by atoms with Crippen molar-refractivity contribution >= 4 is 27.5 Å². The van der Waals surface area contributed by atoms with Crippen LogP contribution in [0.15, 0.2) is 35.1 Å². The van der Waals surface area contributed by atoms with Gasteiger partial charge in [0.2, 0.25) is 0 Å².